The van der Waals surface area contributed by atoms with Gasteiger partial charge in [0.2, 0.25) is 0 Å². The van der Waals surface area contributed by atoms with E-state index in [-0.39, 0.29) is 12.5 Å². The number of anilines is 1. The first-order valence-corrected chi connectivity index (χ1v) is 6.20. The first-order valence-electron chi connectivity index (χ1n) is 6.20. The third-order valence-electron chi connectivity index (χ3n) is 3.02. The lowest BCUT2D eigenvalue weighted by Crippen LogP contribution is -2.01. The fourth-order valence-electron chi connectivity index (χ4n) is 1.94. The molecular formula is C13H15N3O3. The Labute approximate surface area is 110 Å². The molecule has 6 nitrogen and oxygen atoms in total. The van der Waals surface area contributed by atoms with Crippen LogP contribution in [-0.2, 0) is 11.3 Å². The summed E-state index contributed by atoms with van der Waals surface area (Å²) in [7, 11) is 0. The third-order valence-corrected chi connectivity index (χ3v) is 3.02. The number of benzene rings is 1. The van der Waals surface area contributed by atoms with Crippen LogP contribution in [0.25, 0.3) is 0 Å². The fourth-order valence-corrected chi connectivity index (χ4v) is 1.94. The maximum Gasteiger partial charge on any atom is 0.264 e. The Bertz CT molecular complexity index is 532. The van der Waals surface area contributed by atoms with E-state index in [9.17, 15) is 0 Å². The zero-order chi connectivity index (χ0) is 13.1. The van der Waals surface area contributed by atoms with Crippen LogP contribution in [0.1, 0.15) is 24.1 Å². The molecule has 1 aromatic heterocycles. The first-order chi connectivity index (χ1) is 9.31. The molecule has 1 saturated heterocycles. The minimum absolute atomic E-state index is 0.244. The average molecular weight is 261 g/mol. The smallest absolute Gasteiger partial charge is 0.264 e. The minimum Gasteiger partial charge on any atom is -0.484 e. The van der Waals surface area contributed by atoms with Crippen molar-refractivity contribution in [3.8, 4) is 5.75 Å². The number of nitrogens with zero attached hydrogens (tertiary/aromatic N) is 2. The summed E-state index contributed by atoms with van der Waals surface area (Å²) in [5.41, 5.74) is 6.30. The third kappa shape index (κ3) is 2.85. The minimum atomic E-state index is 0.244. The van der Waals surface area contributed by atoms with E-state index in [1.54, 1.807) is 24.3 Å². The molecule has 1 fully saturated rings. The lowest BCUT2D eigenvalue weighted by Gasteiger charge is -2.02. The van der Waals surface area contributed by atoms with Crippen LogP contribution in [0, 0.1) is 0 Å². The molecular weight excluding hydrogens is 246 g/mol. The summed E-state index contributed by atoms with van der Waals surface area (Å²) in [6.07, 6.45) is 0.942. The lowest BCUT2D eigenvalue weighted by atomic mass is 10.1. The van der Waals surface area contributed by atoms with Crippen LogP contribution in [0.3, 0.4) is 0 Å². The van der Waals surface area contributed by atoms with Crippen molar-refractivity contribution in [2.24, 2.45) is 0 Å². The average Bonchev–Trinajstić information content (AvgIpc) is 3.09. The van der Waals surface area contributed by atoms with Gasteiger partial charge in [0, 0.05) is 18.2 Å². The summed E-state index contributed by atoms with van der Waals surface area (Å²) in [4.78, 5) is 4.32. The standard InChI is InChI=1S/C13H15N3O3/c14-10-1-3-11(4-2-10)18-8-12-15-13(16-19-12)9-5-6-17-7-9/h1-4,9H,5-8,14H2. The molecule has 1 atom stereocenters. The second-order valence-corrected chi connectivity index (χ2v) is 4.46. The van der Waals surface area contributed by atoms with E-state index < -0.39 is 0 Å². The molecule has 1 aliphatic rings. The van der Waals surface area contributed by atoms with Crippen molar-refractivity contribution in [2.75, 3.05) is 18.9 Å². The highest BCUT2D eigenvalue weighted by Gasteiger charge is 2.23. The van der Waals surface area contributed by atoms with Crippen LogP contribution in [0.5, 0.6) is 5.75 Å². The zero-order valence-corrected chi connectivity index (χ0v) is 10.4. The molecule has 0 amide bonds. The molecule has 19 heavy (non-hydrogen) atoms. The maximum atomic E-state index is 5.60. The molecule has 0 saturated carbocycles. The van der Waals surface area contributed by atoms with Crippen LogP contribution in [-0.4, -0.2) is 23.4 Å². The topological polar surface area (TPSA) is 83.4 Å². The fraction of sp³-hybridized carbons (Fsp3) is 0.385. The van der Waals surface area contributed by atoms with E-state index in [0.29, 0.717) is 24.0 Å². The molecule has 1 aliphatic heterocycles. The number of aromatic nitrogens is 2. The van der Waals surface area contributed by atoms with E-state index in [1.165, 1.54) is 0 Å². The van der Waals surface area contributed by atoms with Gasteiger partial charge in [-0.3, -0.25) is 0 Å². The van der Waals surface area contributed by atoms with Crippen molar-refractivity contribution in [3.05, 3.63) is 36.0 Å². The molecule has 0 aliphatic carbocycles. The van der Waals surface area contributed by atoms with Crippen LogP contribution < -0.4 is 10.5 Å². The van der Waals surface area contributed by atoms with Crippen LogP contribution >= 0.6 is 0 Å². The van der Waals surface area contributed by atoms with Crippen LogP contribution in [0.15, 0.2) is 28.8 Å². The van der Waals surface area contributed by atoms with Gasteiger partial charge in [-0.25, -0.2) is 0 Å². The van der Waals surface area contributed by atoms with Crippen LogP contribution in [0.4, 0.5) is 5.69 Å². The second-order valence-electron chi connectivity index (χ2n) is 4.46. The molecule has 1 aromatic carbocycles. The Hall–Kier alpha value is -2.08. The molecule has 100 valence electrons. The van der Waals surface area contributed by atoms with Gasteiger partial charge in [0.05, 0.1) is 6.61 Å². The van der Waals surface area contributed by atoms with E-state index in [1.807, 2.05) is 0 Å². The number of hydrogen-bond donors (Lipinski definition) is 1. The maximum absolute atomic E-state index is 5.60. The highest BCUT2D eigenvalue weighted by Crippen LogP contribution is 2.22. The molecule has 0 radical (unpaired) electrons. The Morgan fingerprint density at radius 1 is 1.32 bits per heavy atom. The predicted octanol–water partition coefficient (Wildman–Crippen LogP) is 1.73. The van der Waals surface area contributed by atoms with Gasteiger partial charge in [-0.2, -0.15) is 4.98 Å². The number of hydrogen-bond acceptors (Lipinski definition) is 6. The van der Waals surface area contributed by atoms with Crippen molar-refractivity contribution in [1.82, 2.24) is 10.1 Å². The summed E-state index contributed by atoms with van der Waals surface area (Å²) in [5, 5.41) is 3.96. The summed E-state index contributed by atoms with van der Waals surface area (Å²) >= 11 is 0. The highest BCUT2D eigenvalue weighted by atomic mass is 16.5. The SMILES string of the molecule is Nc1ccc(OCc2nc(C3CCOC3)no2)cc1. The number of rotatable bonds is 4. The van der Waals surface area contributed by atoms with Crippen molar-refractivity contribution in [2.45, 2.75) is 18.9 Å². The van der Waals surface area contributed by atoms with Crippen molar-refractivity contribution in [1.29, 1.82) is 0 Å². The second kappa shape index (κ2) is 5.27. The Morgan fingerprint density at radius 3 is 2.89 bits per heavy atom. The number of nitrogen functional groups attached to an aromatic ring is 1. The van der Waals surface area contributed by atoms with E-state index in [0.717, 1.165) is 18.8 Å². The summed E-state index contributed by atoms with van der Waals surface area (Å²) in [6, 6.07) is 7.17. The quantitative estimate of drug-likeness (QED) is 0.844. The molecule has 3 rings (SSSR count). The van der Waals surface area contributed by atoms with Crippen LogP contribution in [0.2, 0.25) is 0 Å². The molecule has 1 unspecified atom stereocenters. The van der Waals surface area contributed by atoms with Crippen molar-refractivity contribution < 1.29 is 14.0 Å². The van der Waals surface area contributed by atoms with Gasteiger partial charge < -0.3 is 19.7 Å². The number of ether oxygens (including phenoxy) is 2. The molecule has 2 heterocycles. The molecule has 6 heteroatoms. The van der Waals surface area contributed by atoms with Gasteiger partial charge in [-0.15, -0.1) is 0 Å². The van der Waals surface area contributed by atoms with E-state index in [4.69, 9.17) is 19.7 Å². The Kier molecular flexibility index (Phi) is 3.33. The monoisotopic (exact) mass is 261 g/mol. The normalized spacial score (nSPS) is 18.6. The van der Waals surface area contributed by atoms with Gasteiger partial charge in [0.1, 0.15) is 5.75 Å². The first kappa shape index (κ1) is 12.0. The van der Waals surface area contributed by atoms with Crippen molar-refractivity contribution in [3.63, 3.8) is 0 Å². The van der Waals surface area contributed by atoms with E-state index >= 15 is 0 Å². The van der Waals surface area contributed by atoms with Gasteiger partial charge >= 0.3 is 0 Å². The van der Waals surface area contributed by atoms with Gasteiger partial charge in [-0.05, 0) is 30.7 Å². The summed E-state index contributed by atoms with van der Waals surface area (Å²) in [6.45, 7) is 1.68. The molecule has 0 spiro atoms. The summed E-state index contributed by atoms with van der Waals surface area (Å²) in [5.74, 6) is 2.14. The molecule has 2 N–H and O–H groups in total. The van der Waals surface area contributed by atoms with Gasteiger partial charge in [0.15, 0.2) is 12.4 Å². The molecule has 2 aromatic rings. The Balaban J connectivity index is 1.59. The number of nitrogens with two attached hydrogens (primary N) is 1. The lowest BCUT2D eigenvalue weighted by molar-refractivity contribution is 0.192. The highest BCUT2D eigenvalue weighted by molar-refractivity contribution is 5.41. The zero-order valence-electron chi connectivity index (χ0n) is 10.4. The largest absolute Gasteiger partial charge is 0.484 e. The van der Waals surface area contributed by atoms with E-state index in [2.05, 4.69) is 10.1 Å². The Morgan fingerprint density at radius 2 is 2.16 bits per heavy atom. The van der Waals surface area contributed by atoms with Gasteiger partial charge in [-0.1, -0.05) is 5.16 Å². The molecule has 0 bridgehead atoms. The summed E-state index contributed by atoms with van der Waals surface area (Å²) < 4.78 is 16.0. The van der Waals surface area contributed by atoms with Crippen molar-refractivity contribution >= 4 is 5.69 Å². The van der Waals surface area contributed by atoms with Gasteiger partial charge in [0.25, 0.3) is 5.89 Å². The predicted molar refractivity (Wildman–Crippen MR) is 67.7 cm³/mol.